The predicted octanol–water partition coefficient (Wildman–Crippen LogP) is 12.4. The van der Waals surface area contributed by atoms with Crippen molar-refractivity contribution in [1.82, 2.24) is 4.57 Å². The molecular formula is C54H56BN3. The second-order valence-electron chi connectivity index (χ2n) is 20.8. The molecule has 3 aliphatic heterocycles. The van der Waals surface area contributed by atoms with Crippen molar-refractivity contribution in [1.29, 1.82) is 0 Å². The Morgan fingerprint density at radius 1 is 0.603 bits per heavy atom. The van der Waals surface area contributed by atoms with Crippen LogP contribution < -0.4 is 26.2 Å². The van der Waals surface area contributed by atoms with E-state index in [4.69, 9.17) is 0 Å². The van der Waals surface area contributed by atoms with Crippen molar-refractivity contribution < 1.29 is 0 Å². The molecule has 0 radical (unpaired) electrons. The van der Waals surface area contributed by atoms with Crippen LogP contribution in [0.3, 0.4) is 0 Å². The lowest BCUT2D eigenvalue weighted by atomic mass is 9.33. The van der Waals surface area contributed by atoms with Crippen molar-refractivity contribution >= 4 is 73.3 Å². The Bertz CT molecular complexity index is 2850. The van der Waals surface area contributed by atoms with Gasteiger partial charge in [-0.05, 0) is 143 Å². The van der Waals surface area contributed by atoms with Crippen LogP contribution in [-0.2, 0) is 16.2 Å². The van der Waals surface area contributed by atoms with Crippen LogP contribution in [0.4, 0.5) is 28.4 Å². The SMILES string of the molecule is Cc1cccc(N(c2cccc(C)c2)c2cc3c4c(c2)-n2c5ccc(C(C)(C)C)cc5c5cc(C(C)(C)C)cc(c52)B4c2cccc4c2N3C2(C)CCCCC42C)c1. The van der Waals surface area contributed by atoms with E-state index in [-0.39, 0.29) is 28.5 Å². The topological polar surface area (TPSA) is 11.4 Å². The van der Waals surface area contributed by atoms with Gasteiger partial charge in [0, 0.05) is 50.1 Å². The lowest BCUT2D eigenvalue weighted by Crippen LogP contribution is -2.64. The van der Waals surface area contributed by atoms with E-state index in [2.05, 4.69) is 193 Å². The molecule has 4 heteroatoms. The first-order valence-electron chi connectivity index (χ1n) is 21.8. The number of aromatic nitrogens is 1. The highest BCUT2D eigenvalue weighted by molar-refractivity contribution is 7.00. The zero-order chi connectivity index (χ0) is 40.3. The van der Waals surface area contributed by atoms with E-state index in [1.165, 1.54) is 120 Å². The molecular weight excluding hydrogens is 701 g/mol. The maximum atomic E-state index is 2.87. The Kier molecular flexibility index (Phi) is 7.25. The minimum atomic E-state index is -0.0538. The summed E-state index contributed by atoms with van der Waals surface area (Å²) in [4.78, 5) is 5.39. The van der Waals surface area contributed by atoms with Crippen LogP contribution in [0.15, 0.2) is 109 Å². The van der Waals surface area contributed by atoms with Crippen molar-refractivity contribution in [2.75, 3.05) is 9.80 Å². The van der Waals surface area contributed by atoms with Gasteiger partial charge in [0.2, 0.25) is 0 Å². The van der Waals surface area contributed by atoms with Gasteiger partial charge in [0.1, 0.15) is 0 Å². The highest BCUT2D eigenvalue weighted by atomic mass is 15.3. The van der Waals surface area contributed by atoms with E-state index in [1.807, 2.05) is 0 Å². The van der Waals surface area contributed by atoms with E-state index >= 15 is 0 Å². The quantitative estimate of drug-likeness (QED) is 0.166. The van der Waals surface area contributed by atoms with Crippen LogP contribution in [0.25, 0.3) is 27.5 Å². The number of hydrogen-bond donors (Lipinski definition) is 0. The molecule has 1 aromatic heterocycles. The Labute approximate surface area is 345 Å². The zero-order valence-electron chi connectivity index (χ0n) is 36.1. The molecule has 0 N–H and O–H groups in total. The largest absolute Gasteiger partial charge is 0.335 e. The van der Waals surface area contributed by atoms with Gasteiger partial charge in [0.25, 0.3) is 6.71 Å². The van der Waals surface area contributed by atoms with Crippen molar-refractivity contribution in [3.8, 4) is 5.69 Å². The van der Waals surface area contributed by atoms with Crippen LogP contribution in [0.5, 0.6) is 0 Å². The fourth-order valence-electron chi connectivity index (χ4n) is 11.8. The normalized spacial score (nSPS) is 20.4. The highest BCUT2D eigenvalue weighted by Crippen LogP contribution is 2.62. The molecule has 0 spiro atoms. The highest BCUT2D eigenvalue weighted by Gasteiger charge is 2.61. The molecule has 7 aromatic rings. The molecule has 0 bridgehead atoms. The summed E-state index contributed by atoms with van der Waals surface area (Å²) in [5.41, 5.74) is 21.6. The summed E-state index contributed by atoms with van der Waals surface area (Å²) in [6.45, 7) is 23.9. The van der Waals surface area contributed by atoms with Crippen molar-refractivity contribution in [2.45, 2.75) is 117 Å². The summed E-state index contributed by atoms with van der Waals surface area (Å²) in [6, 6.07) is 43.1. The van der Waals surface area contributed by atoms with E-state index in [0.29, 0.717) is 0 Å². The summed E-state index contributed by atoms with van der Waals surface area (Å²) in [6.07, 6.45) is 4.93. The van der Waals surface area contributed by atoms with Crippen LogP contribution in [0.1, 0.15) is 109 Å². The van der Waals surface area contributed by atoms with Gasteiger partial charge in [0.15, 0.2) is 0 Å². The molecule has 2 atom stereocenters. The number of benzene rings is 6. The van der Waals surface area contributed by atoms with E-state index in [0.717, 1.165) is 0 Å². The van der Waals surface area contributed by atoms with Gasteiger partial charge in [-0.3, -0.25) is 0 Å². The lowest BCUT2D eigenvalue weighted by Gasteiger charge is -2.52. The maximum Gasteiger partial charge on any atom is 0.252 e. The monoisotopic (exact) mass is 757 g/mol. The Balaban J connectivity index is 1.33. The molecule has 0 amide bonds. The minimum absolute atomic E-state index is 0.00885. The number of para-hydroxylation sites is 1. The maximum absolute atomic E-state index is 2.87. The van der Waals surface area contributed by atoms with Gasteiger partial charge in [0.05, 0.1) is 16.7 Å². The molecule has 4 heterocycles. The molecule has 6 aromatic carbocycles. The smallest absolute Gasteiger partial charge is 0.252 e. The predicted molar refractivity (Wildman–Crippen MR) is 250 cm³/mol. The molecule has 11 rings (SSSR count). The molecule has 4 aliphatic rings. The van der Waals surface area contributed by atoms with Crippen LogP contribution in [-0.4, -0.2) is 16.8 Å². The fourth-order valence-corrected chi connectivity index (χ4v) is 11.8. The summed E-state index contributed by atoms with van der Waals surface area (Å²) in [5, 5.41) is 2.73. The van der Waals surface area contributed by atoms with Crippen LogP contribution >= 0.6 is 0 Å². The van der Waals surface area contributed by atoms with Gasteiger partial charge in [-0.15, -0.1) is 0 Å². The molecule has 1 saturated carbocycles. The van der Waals surface area contributed by atoms with Gasteiger partial charge in [-0.25, -0.2) is 0 Å². The number of rotatable bonds is 3. The van der Waals surface area contributed by atoms with Crippen molar-refractivity contribution in [3.05, 3.63) is 137 Å². The second kappa shape index (κ2) is 11.7. The van der Waals surface area contributed by atoms with E-state index < -0.39 is 0 Å². The van der Waals surface area contributed by atoms with Gasteiger partial charge < -0.3 is 14.4 Å². The standard InChI is InChI=1S/C54H56BN3/c1-33-16-13-18-37(26-33)56(38-19-14-17-34(2)27-38)39-31-46-48-47(32-39)58-50-42(53(9)24-11-12-25-54(53,58)10)20-15-21-43(50)55(48)44-30-36(52(6,7)8)29-41-40-28-35(51(3,4)5)22-23-45(40)57(46)49(41)44/h13-23,26-32H,11-12,24-25H2,1-10H3. The van der Waals surface area contributed by atoms with Gasteiger partial charge in [-0.2, -0.15) is 0 Å². The first kappa shape index (κ1) is 35.9. The number of fused-ring (bicyclic) bond motifs is 10. The van der Waals surface area contributed by atoms with Crippen LogP contribution in [0.2, 0.25) is 0 Å². The fraction of sp³-hybridized carbons (Fsp3) is 0.333. The molecule has 2 unspecified atom stereocenters. The Morgan fingerprint density at radius 3 is 1.91 bits per heavy atom. The number of hydrogen-bond acceptors (Lipinski definition) is 2. The average molecular weight is 758 g/mol. The summed E-state index contributed by atoms with van der Waals surface area (Å²) >= 11 is 0. The number of nitrogens with zero attached hydrogens (tertiary/aromatic N) is 3. The Hall–Kier alpha value is -5.22. The van der Waals surface area contributed by atoms with Gasteiger partial charge >= 0.3 is 0 Å². The molecule has 0 saturated heterocycles. The lowest BCUT2D eigenvalue weighted by molar-refractivity contribution is 0.195. The van der Waals surface area contributed by atoms with Crippen LogP contribution in [0, 0.1) is 13.8 Å². The molecule has 3 nitrogen and oxygen atoms in total. The number of aryl methyl sites for hydroxylation is 2. The third kappa shape index (κ3) is 4.69. The third-order valence-electron chi connectivity index (χ3n) is 15.1. The first-order chi connectivity index (χ1) is 27.6. The number of anilines is 5. The molecule has 1 fully saturated rings. The van der Waals surface area contributed by atoms with E-state index in [1.54, 1.807) is 5.56 Å². The van der Waals surface area contributed by atoms with Crippen molar-refractivity contribution in [2.24, 2.45) is 0 Å². The summed E-state index contributed by atoms with van der Waals surface area (Å²) in [5.74, 6) is 0. The minimum Gasteiger partial charge on any atom is -0.335 e. The van der Waals surface area contributed by atoms with Crippen molar-refractivity contribution in [3.63, 3.8) is 0 Å². The molecule has 290 valence electrons. The second-order valence-corrected chi connectivity index (χ2v) is 20.8. The summed E-state index contributed by atoms with van der Waals surface area (Å²) in [7, 11) is 0. The third-order valence-corrected chi connectivity index (χ3v) is 15.1. The first-order valence-corrected chi connectivity index (χ1v) is 21.8. The average Bonchev–Trinajstić information content (AvgIpc) is 3.61. The van der Waals surface area contributed by atoms with Gasteiger partial charge in [-0.1, -0.05) is 116 Å². The Morgan fingerprint density at radius 2 is 1.24 bits per heavy atom. The molecule has 1 aliphatic carbocycles. The summed E-state index contributed by atoms with van der Waals surface area (Å²) < 4.78 is 2.68. The molecule has 58 heavy (non-hydrogen) atoms. The van der Waals surface area contributed by atoms with E-state index in [9.17, 15) is 0 Å². The zero-order valence-corrected chi connectivity index (χ0v) is 36.1.